The minimum atomic E-state index is -0.398. The lowest BCUT2D eigenvalue weighted by atomic mass is 10.00. The Morgan fingerprint density at radius 1 is 1.03 bits per heavy atom. The maximum atomic E-state index is 14.8. The van der Waals surface area contributed by atoms with Gasteiger partial charge in [-0.15, -0.1) is 0 Å². The molecule has 6 nitrogen and oxygen atoms in total. The van der Waals surface area contributed by atoms with Gasteiger partial charge in [0.05, 0.1) is 11.9 Å². The molecule has 4 aromatic rings. The van der Waals surface area contributed by atoms with Crippen molar-refractivity contribution in [3.8, 4) is 11.1 Å². The zero-order valence-corrected chi connectivity index (χ0v) is 16.5. The number of halogens is 2. The van der Waals surface area contributed by atoms with Gasteiger partial charge in [0.1, 0.15) is 10.8 Å². The molecule has 0 amide bonds. The summed E-state index contributed by atoms with van der Waals surface area (Å²) in [6.45, 7) is 3.82. The lowest BCUT2D eigenvalue weighted by molar-refractivity contribution is 0.631. The highest BCUT2D eigenvalue weighted by Gasteiger charge is 2.12. The van der Waals surface area contributed by atoms with Gasteiger partial charge in [-0.1, -0.05) is 41.9 Å². The molecule has 2 aromatic heterocycles. The van der Waals surface area contributed by atoms with Crippen LogP contribution in [0.3, 0.4) is 0 Å². The molecule has 0 saturated carbocycles. The monoisotopic (exact) mass is 408 g/mol. The number of aryl methyl sites for hydroxylation is 2. The summed E-state index contributed by atoms with van der Waals surface area (Å²) in [4.78, 5) is 8.48. The first-order chi connectivity index (χ1) is 14.0. The quantitative estimate of drug-likeness (QED) is 0.391. The van der Waals surface area contributed by atoms with Gasteiger partial charge in [0.2, 0.25) is 5.95 Å². The molecule has 0 fully saturated rings. The third-order valence-electron chi connectivity index (χ3n) is 4.34. The average Bonchev–Trinajstić information content (AvgIpc) is 3.12. The Morgan fingerprint density at radius 3 is 2.55 bits per heavy atom. The van der Waals surface area contributed by atoms with Crippen LogP contribution >= 0.6 is 11.6 Å². The van der Waals surface area contributed by atoms with Crippen LogP contribution in [-0.2, 0) is 0 Å². The SMILES string of the molecule is Cc1cc(Nc2nc(Nc3cc(C)c(-c4ccccc4)cc3F)ncc2Cl)n[nH]1. The molecule has 3 N–H and O–H groups in total. The van der Waals surface area contributed by atoms with Crippen LogP contribution < -0.4 is 10.6 Å². The molecule has 146 valence electrons. The average molecular weight is 409 g/mol. The fraction of sp³-hybridized carbons (Fsp3) is 0.0952. The molecular weight excluding hydrogens is 391 g/mol. The highest BCUT2D eigenvalue weighted by atomic mass is 35.5. The number of aromatic amines is 1. The third kappa shape index (κ3) is 4.20. The van der Waals surface area contributed by atoms with Crippen LogP contribution in [-0.4, -0.2) is 20.2 Å². The summed E-state index contributed by atoms with van der Waals surface area (Å²) in [6.07, 6.45) is 1.45. The van der Waals surface area contributed by atoms with Crippen molar-refractivity contribution in [3.05, 3.63) is 76.8 Å². The Hall–Kier alpha value is -3.45. The van der Waals surface area contributed by atoms with E-state index in [9.17, 15) is 4.39 Å². The third-order valence-corrected chi connectivity index (χ3v) is 4.62. The molecule has 0 atom stereocenters. The van der Waals surface area contributed by atoms with Crippen molar-refractivity contribution in [1.82, 2.24) is 20.2 Å². The van der Waals surface area contributed by atoms with Gasteiger partial charge in [-0.3, -0.25) is 5.10 Å². The van der Waals surface area contributed by atoms with Crippen LogP contribution in [0.1, 0.15) is 11.3 Å². The Morgan fingerprint density at radius 2 is 1.83 bits per heavy atom. The molecule has 0 saturated heterocycles. The Labute approximate surface area is 172 Å². The van der Waals surface area contributed by atoms with Crippen molar-refractivity contribution in [2.75, 3.05) is 10.6 Å². The number of rotatable bonds is 5. The summed E-state index contributed by atoms with van der Waals surface area (Å²) in [5.74, 6) is 0.761. The van der Waals surface area contributed by atoms with Crippen molar-refractivity contribution in [1.29, 1.82) is 0 Å². The van der Waals surface area contributed by atoms with Gasteiger partial charge < -0.3 is 10.6 Å². The van der Waals surface area contributed by atoms with Crippen molar-refractivity contribution in [3.63, 3.8) is 0 Å². The summed E-state index contributed by atoms with van der Waals surface area (Å²) < 4.78 is 14.8. The highest BCUT2D eigenvalue weighted by molar-refractivity contribution is 6.32. The van der Waals surface area contributed by atoms with Gasteiger partial charge in [-0.05, 0) is 42.7 Å². The van der Waals surface area contributed by atoms with Gasteiger partial charge in [0.15, 0.2) is 11.6 Å². The zero-order chi connectivity index (χ0) is 20.4. The number of anilines is 4. The number of aromatic nitrogens is 4. The fourth-order valence-electron chi connectivity index (χ4n) is 2.94. The lowest BCUT2D eigenvalue weighted by Gasteiger charge is -2.12. The summed E-state index contributed by atoms with van der Waals surface area (Å²) >= 11 is 6.17. The maximum Gasteiger partial charge on any atom is 0.229 e. The molecule has 0 bridgehead atoms. The largest absolute Gasteiger partial charge is 0.322 e. The summed E-state index contributed by atoms with van der Waals surface area (Å²) in [5.41, 5.74) is 3.90. The highest BCUT2D eigenvalue weighted by Crippen LogP contribution is 2.30. The number of nitrogens with zero attached hydrogens (tertiary/aromatic N) is 3. The van der Waals surface area contributed by atoms with Crippen molar-refractivity contribution < 1.29 is 4.39 Å². The van der Waals surface area contributed by atoms with Gasteiger partial charge in [-0.2, -0.15) is 10.1 Å². The molecule has 0 aliphatic heterocycles. The molecule has 0 spiro atoms. The van der Waals surface area contributed by atoms with E-state index in [0.717, 1.165) is 22.4 Å². The summed E-state index contributed by atoms with van der Waals surface area (Å²) in [7, 11) is 0. The second-order valence-electron chi connectivity index (χ2n) is 6.59. The van der Waals surface area contributed by atoms with Crippen LogP contribution in [0.15, 0.2) is 54.7 Å². The van der Waals surface area contributed by atoms with E-state index >= 15 is 0 Å². The molecule has 8 heteroatoms. The van der Waals surface area contributed by atoms with E-state index in [0.29, 0.717) is 16.7 Å². The first-order valence-electron chi connectivity index (χ1n) is 8.94. The maximum absolute atomic E-state index is 14.8. The van der Waals surface area contributed by atoms with E-state index in [1.54, 1.807) is 6.07 Å². The van der Waals surface area contributed by atoms with E-state index in [4.69, 9.17) is 11.6 Å². The predicted molar refractivity (Wildman–Crippen MR) is 114 cm³/mol. The second-order valence-corrected chi connectivity index (χ2v) is 7.00. The zero-order valence-electron chi connectivity index (χ0n) is 15.8. The van der Waals surface area contributed by atoms with Crippen molar-refractivity contribution in [2.45, 2.75) is 13.8 Å². The lowest BCUT2D eigenvalue weighted by Crippen LogP contribution is -2.03. The van der Waals surface area contributed by atoms with Gasteiger partial charge in [0.25, 0.3) is 0 Å². The molecule has 0 unspecified atom stereocenters. The van der Waals surface area contributed by atoms with Crippen molar-refractivity contribution in [2.24, 2.45) is 0 Å². The molecule has 29 heavy (non-hydrogen) atoms. The minimum absolute atomic E-state index is 0.218. The number of H-pyrrole nitrogens is 1. The molecule has 4 rings (SSSR count). The number of hydrogen-bond donors (Lipinski definition) is 3. The number of hydrogen-bond acceptors (Lipinski definition) is 5. The molecule has 2 heterocycles. The second kappa shape index (κ2) is 7.89. The Kier molecular flexibility index (Phi) is 5.14. The molecule has 0 aliphatic rings. The van der Waals surface area contributed by atoms with E-state index < -0.39 is 5.82 Å². The molecule has 2 aromatic carbocycles. The fourth-order valence-corrected chi connectivity index (χ4v) is 3.08. The minimum Gasteiger partial charge on any atom is -0.322 e. The van der Waals surface area contributed by atoms with Gasteiger partial charge in [-0.25, -0.2) is 9.37 Å². The van der Waals surface area contributed by atoms with Crippen LogP contribution in [0.4, 0.5) is 27.7 Å². The van der Waals surface area contributed by atoms with Crippen molar-refractivity contribution >= 4 is 34.9 Å². The topological polar surface area (TPSA) is 78.5 Å². The normalized spacial score (nSPS) is 10.8. The van der Waals surface area contributed by atoms with E-state index in [-0.39, 0.29) is 11.6 Å². The van der Waals surface area contributed by atoms with E-state index in [2.05, 4.69) is 30.8 Å². The summed E-state index contributed by atoms with van der Waals surface area (Å²) in [5, 5.41) is 13.2. The van der Waals surface area contributed by atoms with Crippen LogP contribution in [0, 0.1) is 19.7 Å². The Balaban J connectivity index is 1.61. The van der Waals surface area contributed by atoms with Crippen LogP contribution in [0.5, 0.6) is 0 Å². The number of nitrogens with one attached hydrogen (secondary N) is 3. The smallest absolute Gasteiger partial charge is 0.229 e. The number of benzene rings is 2. The first kappa shape index (κ1) is 18.9. The van der Waals surface area contributed by atoms with Crippen LogP contribution in [0.2, 0.25) is 5.02 Å². The van der Waals surface area contributed by atoms with E-state index in [1.165, 1.54) is 12.3 Å². The van der Waals surface area contributed by atoms with E-state index in [1.807, 2.05) is 50.2 Å². The molecule has 0 aliphatic carbocycles. The first-order valence-corrected chi connectivity index (χ1v) is 9.31. The van der Waals surface area contributed by atoms with Gasteiger partial charge >= 0.3 is 0 Å². The predicted octanol–water partition coefficient (Wildman–Crippen LogP) is 5.76. The molecular formula is C21H18ClFN6. The van der Waals surface area contributed by atoms with Crippen LogP contribution in [0.25, 0.3) is 11.1 Å². The molecule has 0 radical (unpaired) electrons. The standard InChI is InChI=1S/C21H18ClFN6/c1-12-8-18(17(23)10-15(12)14-6-4-3-5-7-14)25-21-24-11-16(22)20(27-21)26-19-9-13(2)28-29-19/h3-11H,1-2H3,(H3,24,25,26,27,28,29). The summed E-state index contributed by atoms with van der Waals surface area (Å²) in [6, 6.07) is 14.7. The Bertz CT molecular complexity index is 1160. The van der Waals surface area contributed by atoms with Gasteiger partial charge in [0, 0.05) is 11.8 Å².